The van der Waals surface area contributed by atoms with Crippen LogP contribution < -0.4 is 0 Å². The number of aromatic nitrogens is 1. The van der Waals surface area contributed by atoms with Crippen LogP contribution in [0.25, 0.3) is 21.9 Å². The fourth-order valence-corrected chi connectivity index (χ4v) is 2.22. The van der Waals surface area contributed by atoms with E-state index in [0.717, 1.165) is 27.5 Å². The van der Waals surface area contributed by atoms with Gasteiger partial charge in [-0.05, 0) is 36.1 Å². The third-order valence-electron chi connectivity index (χ3n) is 3.12. The van der Waals surface area contributed by atoms with E-state index in [9.17, 15) is 5.11 Å². The molecule has 0 spiro atoms. The molecule has 1 N–H and O–H groups in total. The molecule has 3 rings (SSSR count). The largest absolute Gasteiger partial charge is 0.507 e. The standard InChI is InChI=1S/C16H13NO/c1-11-5-6-16(18)15(9-11)14-4-2-3-12-10-17-8-7-13(12)14/h2-10,18H,1H3. The topological polar surface area (TPSA) is 33.1 Å². The van der Waals surface area contributed by atoms with Gasteiger partial charge in [0.05, 0.1) is 0 Å². The van der Waals surface area contributed by atoms with Crippen LogP contribution in [0.3, 0.4) is 0 Å². The summed E-state index contributed by atoms with van der Waals surface area (Å²) in [5.41, 5.74) is 3.04. The second kappa shape index (κ2) is 4.15. The summed E-state index contributed by atoms with van der Waals surface area (Å²) < 4.78 is 0. The van der Waals surface area contributed by atoms with Crippen LogP contribution in [0.4, 0.5) is 0 Å². The zero-order valence-corrected chi connectivity index (χ0v) is 10.1. The molecule has 0 atom stereocenters. The van der Waals surface area contributed by atoms with Crippen LogP contribution in [0.2, 0.25) is 0 Å². The molecule has 1 aromatic heterocycles. The molecule has 0 aliphatic carbocycles. The molecule has 0 aliphatic rings. The van der Waals surface area contributed by atoms with E-state index in [-0.39, 0.29) is 0 Å². The summed E-state index contributed by atoms with van der Waals surface area (Å²) >= 11 is 0. The van der Waals surface area contributed by atoms with E-state index in [0.29, 0.717) is 5.75 Å². The van der Waals surface area contributed by atoms with Crippen LogP contribution >= 0.6 is 0 Å². The zero-order chi connectivity index (χ0) is 12.5. The number of hydrogen-bond acceptors (Lipinski definition) is 2. The van der Waals surface area contributed by atoms with Gasteiger partial charge in [0.25, 0.3) is 0 Å². The molecule has 0 radical (unpaired) electrons. The summed E-state index contributed by atoms with van der Waals surface area (Å²) in [5, 5.41) is 12.2. The van der Waals surface area contributed by atoms with Crippen LogP contribution in [0, 0.1) is 6.92 Å². The van der Waals surface area contributed by atoms with Gasteiger partial charge in [-0.25, -0.2) is 0 Å². The van der Waals surface area contributed by atoms with E-state index < -0.39 is 0 Å². The Morgan fingerprint density at radius 3 is 2.78 bits per heavy atom. The molecule has 3 aromatic rings. The molecular formula is C16H13NO. The SMILES string of the molecule is Cc1ccc(O)c(-c2cccc3cnccc23)c1. The Morgan fingerprint density at radius 1 is 1.00 bits per heavy atom. The van der Waals surface area contributed by atoms with Crippen molar-refractivity contribution in [1.82, 2.24) is 4.98 Å². The average Bonchev–Trinajstić information content (AvgIpc) is 2.41. The van der Waals surface area contributed by atoms with Gasteiger partial charge >= 0.3 is 0 Å². The van der Waals surface area contributed by atoms with Crippen molar-refractivity contribution in [2.24, 2.45) is 0 Å². The Balaban J connectivity index is 2.35. The lowest BCUT2D eigenvalue weighted by Crippen LogP contribution is -1.84. The molecule has 2 aromatic carbocycles. The van der Waals surface area contributed by atoms with E-state index in [1.165, 1.54) is 0 Å². The minimum absolute atomic E-state index is 0.310. The van der Waals surface area contributed by atoms with Gasteiger partial charge in [-0.3, -0.25) is 4.98 Å². The first-order valence-electron chi connectivity index (χ1n) is 5.88. The highest BCUT2D eigenvalue weighted by atomic mass is 16.3. The van der Waals surface area contributed by atoms with Gasteiger partial charge in [0, 0.05) is 23.3 Å². The predicted molar refractivity (Wildman–Crippen MR) is 73.6 cm³/mol. The molecule has 0 amide bonds. The first kappa shape index (κ1) is 10.8. The van der Waals surface area contributed by atoms with Crippen molar-refractivity contribution in [3.05, 3.63) is 60.4 Å². The molecule has 0 saturated heterocycles. The lowest BCUT2D eigenvalue weighted by molar-refractivity contribution is 0.477. The molecule has 0 saturated carbocycles. The Bertz CT molecular complexity index is 714. The molecule has 2 nitrogen and oxygen atoms in total. The number of nitrogens with zero attached hydrogens (tertiary/aromatic N) is 1. The van der Waals surface area contributed by atoms with Crippen molar-refractivity contribution in [1.29, 1.82) is 0 Å². The number of benzene rings is 2. The summed E-state index contributed by atoms with van der Waals surface area (Å²) in [7, 11) is 0. The second-order valence-corrected chi connectivity index (χ2v) is 4.42. The highest BCUT2D eigenvalue weighted by Gasteiger charge is 2.08. The zero-order valence-electron chi connectivity index (χ0n) is 10.1. The van der Waals surface area contributed by atoms with Crippen LogP contribution in [0.15, 0.2) is 54.9 Å². The summed E-state index contributed by atoms with van der Waals surface area (Å²) in [4.78, 5) is 4.13. The number of pyridine rings is 1. The van der Waals surface area contributed by atoms with Crippen molar-refractivity contribution >= 4 is 10.8 Å². The molecule has 18 heavy (non-hydrogen) atoms. The monoisotopic (exact) mass is 235 g/mol. The molecule has 0 aliphatic heterocycles. The number of phenolic OH excluding ortho intramolecular Hbond substituents is 1. The Labute approximate surface area is 106 Å². The van der Waals surface area contributed by atoms with Crippen molar-refractivity contribution < 1.29 is 5.11 Å². The van der Waals surface area contributed by atoms with Gasteiger partial charge < -0.3 is 5.11 Å². The quantitative estimate of drug-likeness (QED) is 0.693. The Morgan fingerprint density at radius 2 is 1.89 bits per heavy atom. The lowest BCUT2D eigenvalue weighted by atomic mass is 9.97. The van der Waals surface area contributed by atoms with Crippen molar-refractivity contribution in [3.63, 3.8) is 0 Å². The maximum Gasteiger partial charge on any atom is 0.123 e. The number of aryl methyl sites for hydroxylation is 1. The normalized spacial score (nSPS) is 10.7. The van der Waals surface area contributed by atoms with Crippen molar-refractivity contribution in [2.75, 3.05) is 0 Å². The highest BCUT2D eigenvalue weighted by Crippen LogP contribution is 2.34. The molecule has 0 fully saturated rings. The fourth-order valence-electron chi connectivity index (χ4n) is 2.22. The maximum absolute atomic E-state index is 10.0. The third-order valence-corrected chi connectivity index (χ3v) is 3.12. The molecular weight excluding hydrogens is 222 g/mol. The molecule has 0 unspecified atom stereocenters. The van der Waals surface area contributed by atoms with Gasteiger partial charge in [0.15, 0.2) is 0 Å². The smallest absolute Gasteiger partial charge is 0.123 e. The minimum atomic E-state index is 0.310. The first-order valence-corrected chi connectivity index (χ1v) is 5.88. The van der Waals surface area contributed by atoms with E-state index in [1.54, 1.807) is 12.3 Å². The fraction of sp³-hybridized carbons (Fsp3) is 0.0625. The van der Waals surface area contributed by atoms with Gasteiger partial charge in [0.1, 0.15) is 5.75 Å². The van der Waals surface area contributed by atoms with Gasteiger partial charge in [-0.15, -0.1) is 0 Å². The van der Waals surface area contributed by atoms with Gasteiger partial charge in [0.2, 0.25) is 0 Å². The van der Waals surface area contributed by atoms with E-state index in [1.807, 2.05) is 49.5 Å². The predicted octanol–water partition coefficient (Wildman–Crippen LogP) is 3.92. The summed E-state index contributed by atoms with van der Waals surface area (Å²) in [6.45, 7) is 2.02. The number of aromatic hydroxyl groups is 1. The van der Waals surface area contributed by atoms with E-state index >= 15 is 0 Å². The Hall–Kier alpha value is -2.35. The number of fused-ring (bicyclic) bond motifs is 1. The van der Waals surface area contributed by atoms with Gasteiger partial charge in [-0.1, -0.05) is 29.8 Å². The number of phenols is 1. The highest BCUT2D eigenvalue weighted by molar-refractivity contribution is 5.97. The van der Waals surface area contributed by atoms with Crippen molar-refractivity contribution in [3.8, 4) is 16.9 Å². The number of rotatable bonds is 1. The van der Waals surface area contributed by atoms with Crippen LogP contribution in [0.5, 0.6) is 5.75 Å². The summed E-state index contributed by atoms with van der Waals surface area (Å²) in [6, 6.07) is 13.7. The van der Waals surface area contributed by atoms with Crippen molar-refractivity contribution in [2.45, 2.75) is 6.92 Å². The number of hydrogen-bond donors (Lipinski definition) is 1. The Kier molecular flexibility index (Phi) is 2.49. The lowest BCUT2D eigenvalue weighted by Gasteiger charge is -2.09. The van der Waals surface area contributed by atoms with Crippen LogP contribution in [-0.4, -0.2) is 10.1 Å². The summed E-state index contributed by atoms with van der Waals surface area (Å²) in [6.07, 6.45) is 3.62. The second-order valence-electron chi connectivity index (χ2n) is 4.42. The minimum Gasteiger partial charge on any atom is -0.507 e. The van der Waals surface area contributed by atoms with Crippen LogP contribution in [-0.2, 0) is 0 Å². The average molecular weight is 235 g/mol. The maximum atomic E-state index is 10.0. The molecule has 88 valence electrons. The van der Waals surface area contributed by atoms with Crippen LogP contribution in [0.1, 0.15) is 5.56 Å². The van der Waals surface area contributed by atoms with E-state index in [2.05, 4.69) is 4.98 Å². The molecule has 1 heterocycles. The molecule has 2 heteroatoms. The first-order chi connectivity index (χ1) is 8.75. The molecule has 0 bridgehead atoms. The third kappa shape index (κ3) is 1.72. The van der Waals surface area contributed by atoms with Gasteiger partial charge in [-0.2, -0.15) is 0 Å². The summed E-state index contributed by atoms with van der Waals surface area (Å²) in [5.74, 6) is 0.310. The van der Waals surface area contributed by atoms with E-state index in [4.69, 9.17) is 0 Å².